The van der Waals surface area contributed by atoms with Gasteiger partial charge in [-0.15, -0.1) is 0 Å². The number of phenolic OH excluding ortho intramolecular Hbond substituents is 1. The normalized spacial score (nSPS) is 12.5. The third-order valence-corrected chi connectivity index (χ3v) is 3.14. The van der Waals surface area contributed by atoms with Crippen molar-refractivity contribution in [2.24, 2.45) is 0 Å². The lowest BCUT2D eigenvalue weighted by Crippen LogP contribution is -2.26. The van der Waals surface area contributed by atoms with E-state index in [1.54, 1.807) is 20.0 Å². The van der Waals surface area contributed by atoms with E-state index in [2.05, 4.69) is 5.16 Å². The monoisotopic (exact) mass is 290 g/mol. The Morgan fingerprint density at radius 2 is 2.05 bits per heavy atom. The van der Waals surface area contributed by atoms with Gasteiger partial charge in [0.25, 0.3) is 5.91 Å². The fourth-order valence-electron chi connectivity index (χ4n) is 2.12. The van der Waals surface area contributed by atoms with Crippen molar-refractivity contribution in [2.45, 2.75) is 13.5 Å². The first kappa shape index (κ1) is 13.3. The summed E-state index contributed by atoms with van der Waals surface area (Å²) < 4.78 is 15.3. The molecule has 0 fully saturated rings. The van der Waals surface area contributed by atoms with Crippen molar-refractivity contribution in [1.82, 2.24) is 10.1 Å². The molecule has 7 heteroatoms. The van der Waals surface area contributed by atoms with Crippen molar-refractivity contribution < 1.29 is 23.9 Å². The zero-order valence-electron chi connectivity index (χ0n) is 11.6. The lowest BCUT2D eigenvalue weighted by Gasteiger charge is -2.16. The summed E-state index contributed by atoms with van der Waals surface area (Å²) in [7, 11) is 1.62. The Labute approximate surface area is 120 Å². The number of rotatable bonds is 3. The van der Waals surface area contributed by atoms with E-state index in [1.807, 2.05) is 0 Å². The number of phenols is 1. The highest BCUT2D eigenvalue weighted by molar-refractivity contribution is 5.97. The first-order valence-electron chi connectivity index (χ1n) is 6.35. The lowest BCUT2D eigenvalue weighted by molar-refractivity contribution is 0.0778. The molecule has 0 aliphatic carbocycles. The number of carbonyl (C=O) groups excluding carboxylic acids is 1. The predicted octanol–water partition coefficient (Wildman–Crippen LogP) is 1.69. The van der Waals surface area contributed by atoms with E-state index in [0.717, 1.165) is 0 Å². The number of aromatic hydroxyl groups is 1. The summed E-state index contributed by atoms with van der Waals surface area (Å²) in [6, 6.07) is 4.61. The Kier molecular flexibility index (Phi) is 3.17. The van der Waals surface area contributed by atoms with E-state index in [1.165, 1.54) is 17.0 Å². The highest BCUT2D eigenvalue weighted by Crippen LogP contribution is 2.37. The fraction of sp³-hybridized carbons (Fsp3) is 0.286. The molecule has 1 amide bonds. The van der Waals surface area contributed by atoms with Crippen LogP contribution in [-0.2, 0) is 6.54 Å². The molecule has 2 aromatic rings. The largest absolute Gasteiger partial charge is 0.507 e. The Bertz CT molecular complexity index is 695. The van der Waals surface area contributed by atoms with Gasteiger partial charge in [-0.2, -0.15) is 0 Å². The summed E-state index contributed by atoms with van der Waals surface area (Å²) >= 11 is 0. The van der Waals surface area contributed by atoms with Crippen molar-refractivity contribution in [3.8, 4) is 17.2 Å². The Morgan fingerprint density at radius 3 is 2.71 bits per heavy atom. The first-order valence-corrected chi connectivity index (χ1v) is 6.35. The van der Waals surface area contributed by atoms with Gasteiger partial charge < -0.3 is 24.0 Å². The average Bonchev–Trinajstić information content (AvgIpc) is 3.05. The number of nitrogens with zero attached hydrogens (tertiary/aromatic N) is 2. The molecule has 1 N–H and O–H groups in total. The van der Waals surface area contributed by atoms with E-state index >= 15 is 0 Å². The van der Waals surface area contributed by atoms with E-state index in [9.17, 15) is 9.90 Å². The van der Waals surface area contributed by atoms with Crippen molar-refractivity contribution in [3.05, 3.63) is 35.2 Å². The summed E-state index contributed by atoms with van der Waals surface area (Å²) in [5.74, 6) is 1.07. The van der Waals surface area contributed by atoms with Crippen LogP contribution in [0.4, 0.5) is 0 Å². The van der Waals surface area contributed by atoms with Gasteiger partial charge >= 0.3 is 0 Å². The van der Waals surface area contributed by atoms with Gasteiger partial charge in [0.15, 0.2) is 11.5 Å². The minimum Gasteiger partial charge on any atom is -0.507 e. The lowest BCUT2D eigenvalue weighted by atomic mass is 10.1. The number of hydrogen-bond acceptors (Lipinski definition) is 6. The van der Waals surface area contributed by atoms with Gasteiger partial charge in [0.05, 0.1) is 12.1 Å². The summed E-state index contributed by atoms with van der Waals surface area (Å²) in [5.41, 5.74) is 0.797. The molecule has 1 aromatic carbocycles. The number of benzene rings is 1. The van der Waals surface area contributed by atoms with Crippen molar-refractivity contribution >= 4 is 5.91 Å². The van der Waals surface area contributed by atoms with Gasteiger partial charge in [0.1, 0.15) is 17.2 Å². The van der Waals surface area contributed by atoms with Gasteiger partial charge in [-0.25, -0.2) is 0 Å². The van der Waals surface area contributed by atoms with Crippen LogP contribution in [0.5, 0.6) is 17.2 Å². The SMILES string of the molecule is Cc1cc(CN(C)C(=O)c2cc3c(cc2O)OCO3)no1. The van der Waals surface area contributed by atoms with Crippen LogP contribution in [0.25, 0.3) is 0 Å². The quantitative estimate of drug-likeness (QED) is 0.926. The molecule has 110 valence electrons. The number of ether oxygens (including phenoxy) is 2. The van der Waals surface area contributed by atoms with Gasteiger partial charge in [-0.05, 0) is 6.92 Å². The summed E-state index contributed by atoms with van der Waals surface area (Å²) in [6.45, 7) is 2.15. The van der Waals surface area contributed by atoms with Crippen LogP contribution in [-0.4, -0.2) is 34.9 Å². The van der Waals surface area contributed by atoms with Crippen LogP contribution in [0.15, 0.2) is 22.7 Å². The topological polar surface area (TPSA) is 85.0 Å². The average molecular weight is 290 g/mol. The van der Waals surface area contributed by atoms with E-state index in [0.29, 0.717) is 23.0 Å². The van der Waals surface area contributed by atoms with Gasteiger partial charge in [-0.1, -0.05) is 5.16 Å². The molecule has 1 aliphatic rings. The molecular weight excluding hydrogens is 276 g/mol. The number of amides is 1. The summed E-state index contributed by atoms with van der Waals surface area (Å²) in [5, 5.41) is 13.8. The molecule has 1 aromatic heterocycles. The summed E-state index contributed by atoms with van der Waals surface area (Å²) in [6.07, 6.45) is 0. The molecule has 0 spiro atoms. The first-order chi connectivity index (χ1) is 10.0. The molecule has 2 heterocycles. The minimum absolute atomic E-state index is 0.0838. The van der Waals surface area contributed by atoms with Gasteiger partial charge in [0.2, 0.25) is 6.79 Å². The Morgan fingerprint density at radius 1 is 1.33 bits per heavy atom. The Balaban J connectivity index is 1.81. The second-order valence-corrected chi connectivity index (χ2v) is 4.81. The molecule has 1 aliphatic heterocycles. The van der Waals surface area contributed by atoms with E-state index < -0.39 is 0 Å². The number of fused-ring (bicyclic) bond motifs is 1. The maximum atomic E-state index is 12.4. The van der Waals surface area contributed by atoms with Gasteiger partial charge in [-0.3, -0.25) is 4.79 Å². The van der Waals surface area contributed by atoms with Crippen molar-refractivity contribution in [3.63, 3.8) is 0 Å². The molecule has 0 saturated heterocycles. The molecule has 0 radical (unpaired) electrons. The highest BCUT2D eigenvalue weighted by Gasteiger charge is 2.23. The fourth-order valence-corrected chi connectivity index (χ4v) is 2.12. The van der Waals surface area contributed by atoms with Crippen molar-refractivity contribution in [1.29, 1.82) is 0 Å². The number of aromatic nitrogens is 1. The highest BCUT2D eigenvalue weighted by atomic mass is 16.7. The predicted molar refractivity (Wildman–Crippen MR) is 71.3 cm³/mol. The molecule has 3 rings (SSSR count). The van der Waals surface area contributed by atoms with Crippen LogP contribution in [0.1, 0.15) is 21.8 Å². The number of aryl methyl sites for hydroxylation is 1. The molecule has 0 bridgehead atoms. The van der Waals surface area contributed by atoms with Gasteiger partial charge in [0, 0.05) is 25.2 Å². The van der Waals surface area contributed by atoms with Crippen LogP contribution in [0.2, 0.25) is 0 Å². The zero-order valence-corrected chi connectivity index (χ0v) is 11.6. The van der Waals surface area contributed by atoms with Crippen molar-refractivity contribution in [2.75, 3.05) is 13.8 Å². The van der Waals surface area contributed by atoms with Crippen LogP contribution >= 0.6 is 0 Å². The number of carbonyl (C=O) groups is 1. The second kappa shape index (κ2) is 5.01. The minimum atomic E-state index is -0.341. The smallest absolute Gasteiger partial charge is 0.257 e. The third-order valence-electron chi connectivity index (χ3n) is 3.14. The molecule has 21 heavy (non-hydrogen) atoms. The second-order valence-electron chi connectivity index (χ2n) is 4.81. The molecule has 0 atom stereocenters. The van der Waals surface area contributed by atoms with Crippen LogP contribution in [0.3, 0.4) is 0 Å². The van der Waals surface area contributed by atoms with E-state index in [4.69, 9.17) is 14.0 Å². The standard InChI is InChI=1S/C14H14N2O5/c1-8-3-9(15-21-8)6-16(2)14(18)10-4-12-13(5-11(10)17)20-7-19-12/h3-5,17H,6-7H2,1-2H3. The molecule has 7 nitrogen and oxygen atoms in total. The van der Waals surface area contributed by atoms with Crippen LogP contribution < -0.4 is 9.47 Å². The Hall–Kier alpha value is -2.70. The molecule has 0 saturated carbocycles. The number of hydrogen-bond donors (Lipinski definition) is 1. The molecular formula is C14H14N2O5. The van der Waals surface area contributed by atoms with Crippen LogP contribution in [0, 0.1) is 6.92 Å². The third kappa shape index (κ3) is 2.49. The molecule has 0 unspecified atom stereocenters. The maximum Gasteiger partial charge on any atom is 0.257 e. The zero-order chi connectivity index (χ0) is 15.0. The van der Waals surface area contributed by atoms with E-state index in [-0.39, 0.29) is 30.6 Å². The summed E-state index contributed by atoms with van der Waals surface area (Å²) in [4.78, 5) is 13.8. The maximum absolute atomic E-state index is 12.4.